The number of methoxy groups -OCH3 is 1. The molecule has 24 heavy (non-hydrogen) atoms. The maximum Gasteiger partial charge on any atom is 0.249 e. The molecule has 0 aromatic heterocycles. The number of fused-ring (bicyclic) bond motifs is 1. The van der Waals surface area contributed by atoms with E-state index in [0.717, 1.165) is 11.3 Å². The first-order valence-corrected chi connectivity index (χ1v) is 8.09. The summed E-state index contributed by atoms with van der Waals surface area (Å²) in [7, 11) is 5.21. The average molecular weight is 334 g/mol. The Morgan fingerprint density at radius 3 is 2.75 bits per heavy atom. The van der Waals surface area contributed by atoms with E-state index in [1.54, 1.807) is 23.0 Å². The summed E-state index contributed by atoms with van der Waals surface area (Å²) in [5, 5.41) is 2.85. The summed E-state index contributed by atoms with van der Waals surface area (Å²) in [6, 6.07) is 3.05. The van der Waals surface area contributed by atoms with Crippen LogP contribution >= 0.6 is 0 Å². The maximum atomic E-state index is 12.9. The molecule has 0 saturated carbocycles. The molecule has 1 aliphatic rings. The Hall–Kier alpha value is -2.28. The molecule has 132 valence electrons. The number of likely N-dealkylation sites (N-methyl/N-ethyl adjacent to an activating group) is 2. The molecule has 0 saturated heterocycles. The second-order valence-corrected chi connectivity index (χ2v) is 6.16. The number of nitrogens with zero attached hydrogens (tertiary/aromatic N) is 2. The van der Waals surface area contributed by atoms with Crippen LogP contribution in [0.1, 0.15) is 18.9 Å². The van der Waals surface area contributed by atoms with Gasteiger partial charge in [-0.05, 0) is 46.0 Å². The molecule has 0 spiro atoms. The van der Waals surface area contributed by atoms with Crippen LogP contribution in [0.2, 0.25) is 0 Å². The standard InChI is InChI=1S/C17H26N4O3/c1-5-21-14-9-7-12(18)16(24-4)11(14)6-8-13(17(21)23)19-15(22)10-20(2)3/h7,9,13H,5-6,8,10,18H2,1-4H3,(H,19,22). The van der Waals surface area contributed by atoms with Gasteiger partial charge in [0.2, 0.25) is 11.8 Å². The maximum absolute atomic E-state index is 12.9. The van der Waals surface area contributed by atoms with E-state index in [-0.39, 0.29) is 18.4 Å². The largest absolute Gasteiger partial charge is 0.494 e. The Morgan fingerprint density at radius 2 is 2.17 bits per heavy atom. The Morgan fingerprint density at radius 1 is 1.46 bits per heavy atom. The van der Waals surface area contributed by atoms with Crippen LogP contribution in [0.25, 0.3) is 0 Å². The van der Waals surface area contributed by atoms with Crippen LogP contribution in [0.3, 0.4) is 0 Å². The fourth-order valence-corrected chi connectivity index (χ4v) is 3.08. The van der Waals surface area contributed by atoms with Crippen molar-refractivity contribution in [3.63, 3.8) is 0 Å². The zero-order valence-electron chi connectivity index (χ0n) is 14.8. The number of hydrogen-bond donors (Lipinski definition) is 2. The Labute approximate surface area is 142 Å². The predicted octanol–water partition coefficient (Wildman–Crippen LogP) is 0.623. The molecular formula is C17H26N4O3. The highest BCUT2D eigenvalue weighted by atomic mass is 16.5. The van der Waals surface area contributed by atoms with Gasteiger partial charge in [0.05, 0.1) is 25.0 Å². The van der Waals surface area contributed by atoms with Crippen molar-refractivity contribution in [2.75, 3.05) is 44.9 Å². The fraction of sp³-hybridized carbons (Fsp3) is 0.529. The van der Waals surface area contributed by atoms with Gasteiger partial charge in [-0.2, -0.15) is 0 Å². The van der Waals surface area contributed by atoms with Crippen molar-refractivity contribution in [1.82, 2.24) is 10.2 Å². The van der Waals surface area contributed by atoms with Gasteiger partial charge in [0.15, 0.2) is 0 Å². The number of anilines is 2. The molecule has 1 unspecified atom stereocenters. The van der Waals surface area contributed by atoms with Gasteiger partial charge in [0.25, 0.3) is 0 Å². The quantitative estimate of drug-likeness (QED) is 0.771. The minimum absolute atomic E-state index is 0.102. The van der Waals surface area contributed by atoms with Crippen LogP contribution in [0.15, 0.2) is 12.1 Å². The van der Waals surface area contributed by atoms with Gasteiger partial charge in [-0.1, -0.05) is 0 Å². The molecule has 2 rings (SSSR count). The first-order chi connectivity index (χ1) is 11.4. The topological polar surface area (TPSA) is 87.9 Å². The number of rotatable bonds is 5. The molecule has 2 amide bonds. The summed E-state index contributed by atoms with van der Waals surface area (Å²) >= 11 is 0. The zero-order chi connectivity index (χ0) is 17.9. The average Bonchev–Trinajstić information content (AvgIpc) is 2.64. The van der Waals surface area contributed by atoms with Gasteiger partial charge in [-0.3, -0.25) is 9.59 Å². The van der Waals surface area contributed by atoms with E-state index in [1.807, 2.05) is 27.1 Å². The summed E-state index contributed by atoms with van der Waals surface area (Å²) < 4.78 is 5.44. The van der Waals surface area contributed by atoms with E-state index in [9.17, 15) is 9.59 Å². The third-order valence-electron chi connectivity index (χ3n) is 4.12. The summed E-state index contributed by atoms with van der Waals surface area (Å²) in [4.78, 5) is 28.4. The molecule has 7 nitrogen and oxygen atoms in total. The number of benzene rings is 1. The summed E-state index contributed by atoms with van der Waals surface area (Å²) in [6.07, 6.45) is 1.13. The van der Waals surface area contributed by atoms with Crippen molar-refractivity contribution in [3.05, 3.63) is 17.7 Å². The van der Waals surface area contributed by atoms with Crippen LogP contribution in [0, 0.1) is 0 Å². The number of amides is 2. The molecule has 1 aliphatic heterocycles. The van der Waals surface area contributed by atoms with Crippen LogP contribution in [-0.4, -0.2) is 57.1 Å². The lowest BCUT2D eigenvalue weighted by Gasteiger charge is -2.26. The summed E-state index contributed by atoms with van der Waals surface area (Å²) in [6.45, 7) is 2.67. The van der Waals surface area contributed by atoms with Crippen molar-refractivity contribution in [2.45, 2.75) is 25.8 Å². The number of ether oxygens (including phenoxy) is 1. The van der Waals surface area contributed by atoms with Crippen molar-refractivity contribution in [2.24, 2.45) is 0 Å². The molecule has 7 heteroatoms. The number of nitrogen functional groups attached to an aromatic ring is 1. The highest BCUT2D eigenvalue weighted by molar-refractivity contribution is 6.01. The molecule has 0 radical (unpaired) electrons. The lowest BCUT2D eigenvalue weighted by molar-refractivity contribution is -0.128. The number of carbonyl (C=O) groups excluding carboxylic acids is 2. The lowest BCUT2D eigenvalue weighted by atomic mass is 10.0. The molecule has 0 bridgehead atoms. The van der Waals surface area contributed by atoms with Crippen LogP contribution in [-0.2, 0) is 16.0 Å². The van der Waals surface area contributed by atoms with Crippen LogP contribution in [0.5, 0.6) is 5.75 Å². The highest BCUT2D eigenvalue weighted by Crippen LogP contribution is 2.37. The minimum Gasteiger partial charge on any atom is -0.494 e. The lowest BCUT2D eigenvalue weighted by Crippen LogP contribution is -2.49. The number of nitrogens with one attached hydrogen (secondary N) is 1. The highest BCUT2D eigenvalue weighted by Gasteiger charge is 2.32. The third kappa shape index (κ3) is 3.62. The fourth-order valence-electron chi connectivity index (χ4n) is 3.08. The van der Waals surface area contributed by atoms with E-state index in [4.69, 9.17) is 10.5 Å². The molecular weight excluding hydrogens is 308 g/mol. The molecule has 0 aliphatic carbocycles. The summed E-state index contributed by atoms with van der Waals surface area (Å²) in [5.41, 5.74) is 8.26. The van der Waals surface area contributed by atoms with Crippen LogP contribution in [0.4, 0.5) is 11.4 Å². The van der Waals surface area contributed by atoms with Crippen molar-refractivity contribution >= 4 is 23.2 Å². The van der Waals surface area contributed by atoms with Crippen molar-refractivity contribution in [1.29, 1.82) is 0 Å². The Balaban J connectivity index is 2.32. The monoisotopic (exact) mass is 334 g/mol. The predicted molar refractivity (Wildman–Crippen MR) is 94.2 cm³/mol. The van der Waals surface area contributed by atoms with E-state index in [0.29, 0.717) is 30.8 Å². The number of nitrogens with two attached hydrogens (primary N) is 1. The van der Waals surface area contributed by atoms with Crippen LogP contribution < -0.4 is 20.7 Å². The van der Waals surface area contributed by atoms with E-state index in [1.165, 1.54) is 0 Å². The second kappa shape index (κ2) is 7.53. The first kappa shape index (κ1) is 18.1. The molecule has 1 atom stereocenters. The SMILES string of the molecule is CCN1C(=O)C(NC(=O)CN(C)C)CCc2c1ccc(N)c2OC. The van der Waals surface area contributed by atoms with Gasteiger partial charge in [-0.15, -0.1) is 0 Å². The van der Waals surface area contributed by atoms with Crippen molar-refractivity contribution in [3.8, 4) is 5.75 Å². The van der Waals surface area contributed by atoms with Gasteiger partial charge < -0.3 is 25.6 Å². The van der Waals surface area contributed by atoms with Gasteiger partial charge in [-0.25, -0.2) is 0 Å². The first-order valence-electron chi connectivity index (χ1n) is 8.09. The Bertz CT molecular complexity index is 631. The Kier molecular flexibility index (Phi) is 5.66. The molecule has 1 heterocycles. The van der Waals surface area contributed by atoms with E-state index >= 15 is 0 Å². The number of hydrogen-bond acceptors (Lipinski definition) is 5. The van der Waals surface area contributed by atoms with E-state index < -0.39 is 6.04 Å². The second-order valence-electron chi connectivity index (χ2n) is 6.16. The normalized spacial score (nSPS) is 17.5. The van der Waals surface area contributed by atoms with Gasteiger partial charge >= 0.3 is 0 Å². The van der Waals surface area contributed by atoms with E-state index in [2.05, 4.69) is 5.32 Å². The van der Waals surface area contributed by atoms with Gasteiger partial charge in [0.1, 0.15) is 11.8 Å². The minimum atomic E-state index is -0.546. The summed E-state index contributed by atoms with van der Waals surface area (Å²) in [5.74, 6) is 0.348. The smallest absolute Gasteiger partial charge is 0.249 e. The van der Waals surface area contributed by atoms with Crippen molar-refractivity contribution < 1.29 is 14.3 Å². The van der Waals surface area contributed by atoms with Gasteiger partial charge in [0, 0.05) is 12.1 Å². The molecule has 1 aromatic rings. The third-order valence-corrected chi connectivity index (χ3v) is 4.12. The molecule has 0 fully saturated rings. The number of carbonyl (C=O) groups is 2. The zero-order valence-corrected chi connectivity index (χ0v) is 14.8. The molecule has 3 N–H and O–H groups in total. The molecule has 1 aromatic carbocycles.